The predicted molar refractivity (Wildman–Crippen MR) is 49.1 cm³/mol. The third kappa shape index (κ3) is 1.97. The van der Waals surface area contributed by atoms with Gasteiger partial charge in [-0.3, -0.25) is 4.79 Å². The average molecular weight is 201 g/mol. The van der Waals surface area contributed by atoms with Gasteiger partial charge in [-0.2, -0.15) is 0 Å². The second-order valence-electron chi connectivity index (χ2n) is 4.37. The van der Waals surface area contributed by atoms with Gasteiger partial charge in [-0.15, -0.1) is 0 Å². The van der Waals surface area contributed by atoms with Gasteiger partial charge in [-0.05, 0) is 11.8 Å². The van der Waals surface area contributed by atoms with Crippen LogP contribution in [0.4, 0.5) is 4.79 Å². The van der Waals surface area contributed by atoms with E-state index in [2.05, 4.69) is 0 Å². The molecule has 0 bridgehead atoms. The van der Waals surface area contributed by atoms with Crippen molar-refractivity contribution < 1.29 is 19.8 Å². The molecular weight excluding hydrogens is 186 g/mol. The molecule has 1 atom stereocenters. The lowest BCUT2D eigenvalue weighted by molar-refractivity contribution is -0.148. The minimum absolute atomic E-state index is 0.291. The maximum absolute atomic E-state index is 10.9. The van der Waals surface area contributed by atoms with Gasteiger partial charge < -0.3 is 15.1 Å². The van der Waals surface area contributed by atoms with Crippen molar-refractivity contribution in [3.05, 3.63) is 0 Å². The summed E-state index contributed by atoms with van der Waals surface area (Å²) in [5.74, 6) is -1.28. The van der Waals surface area contributed by atoms with Gasteiger partial charge >= 0.3 is 12.1 Å². The number of carbonyl (C=O) groups is 2. The number of carboxylic acid groups (broad SMARTS) is 2. The van der Waals surface area contributed by atoms with Crippen molar-refractivity contribution >= 4 is 12.1 Å². The van der Waals surface area contributed by atoms with E-state index >= 15 is 0 Å². The minimum atomic E-state index is -0.970. The molecule has 1 aliphatic rings. The number of amides is 1. The fourth-order valence-corrected chi connectivity index (χ4v) is 1.98. The van der Waals surface area contributed by atoms with Gasteiger partial charge in [0.15, 0.2) is 0 Å². The first-order valence-electron chi connectivity index (χ1n) is 4.55. The Hall–Kier alpha value is -1.26. The molecule has 1 heterocycles. The highest BCUT2D eigenvalue weighted by atomic mass is 16.4. The smallest absolute Gasteiger partial charge is 0.407 e. The van der Waals surface area contributed by atoms with Crippen LogP contribution in [0.15, 0.2) is 0 Å². The van der Waals surface area contributed by atoms with E-state index in [-0.39, 0.29) is 0 Å². The molecule has 1 fully saturated rings. The van der Waals surface area contributed by atoms with Gasteiger partial charge in [0, 0.05) is 13.1 Å². The van der Waals surface area contributed by atoms with Crippen LogP contribution in [0, 0.1) is 11.3 Å². The van der Waals surface area contributed by atoms with Crippen LogP contribution in [0.5, 0.6) is 0 Å². The topological polar surface area (TPSA) is 77.8 Å². The Morgan fingerprint density at radius 3 is 2.29 bits per heavy atom. The molecule has 80 valence electrons. The molecule has 5 nitrogen and oxygen atoms in total. The third-order valence-corrected chi connectivity index (χ3v) is 2.80. The van der Waals surface area contributed by atoms with Gasteiger partial charge in [-0.25, -0.2) is 4.79 Å². The van der Waals surface area contributed by atoms with Crippen molar-refractivity contribution in [2.45, 2.75) is 20.3 Å². The van der Waals surface area contributed by atoms with Crippen LogP contribution < -0.4 is 0 Å². The van der Waals surface area contributed by atoms with Crippen molar-refractivity contribution in [3.8, 4) is 0 Å². The zero-order valence-corrected chi connectivity index (χ0v) is 8.36. The fourth-order valence-electron chi connectivity index (χ4n) is 1.98. The van der Waals surface area contributed by atoms with Crippen molar-refractivity contribution in [1.29, 1.82) is 0 Å². The Morgan fingerprint density at radius 2 is 1.93 bits per heavy atom. The van der Waals surface area contributed by atoms with E-state index < -0.39 is 23.4 Å². The number of carboxylic acids is 1. The van der Waals surface area contributed by atoms with Crippen LogP contribution in [-0.4, -0.2) is 40.3 Å². The van der Waals surface area contributed by atoms with Crippen molar-refractivity contribution in [1.82, 2.24) is 4.90 Å². The Balaban J connectivity index is 2.75. The summed E-state index contributed by atoms with van der Waals surface area (Å²) in [6, 6.07) is 0. The SMILES string of the molecule is CC1(C)CN(C(=O)O)CCC1C(=O)O. The molecule has 1 saturated heterocycles. The van der Waals surface area contributed by atoms with Gasteiger partial charge in [0.25, 0.3) is 0 Å². The molecule has 0 aromatic rings. The van der Waals surface area contributed by atoms with E-state index in [0.717, 1.165) is 0 Å². The first-order chi connectivity index (χ1) is 6.34. The average Bonchev–Trinajstić information content (AvgIpc) is 2.01. The second-order valence-corrected chi connectivity index (χ2v) is 4.37. The number of piperidine rings is 1. The lowest BCUT2D eigenvalue weighted by atomic mass is 9.74. The molecule has 2 N–H and O–H groups in total. The van der Waals surface area contributed by atoms with Crippen molar-refractivity contribution in [3.63, 3.8) is 0 Å². The number of likely N-dealkylation sites (tertiary alicyclic amines) is 1. The van der Waals surface area contributed by atoms with Crippen molar-refractivity contribution in [2.75, 3.05) is 13.1 Å². The van der Waals surface area contributed by atoms with Gasteiger partial charge in [-0.1, -0.05) is 13.8 Å². The summed E-state index contributed by atoms with van der Waals surface area (Å²) in [6.45, 7) is 4.19. The molecule has 0 aromatic heterocycles. The molecule has 5 heteroatoms. The molecule has 0 aliphatic carbocycles. The Kier molecular flexibility index (Phi) is 2.69. The molecule has 1 rings (SSSR count). The van der Waals surface area contributed by atoms with Crippen LogP contribution in [0.3, 0.4) is 0 Å². The van der Waals surface area contributed by atoms with Gasteiger partial charge in [0.1, 0.15) is 0 Å². The zero-order chi connectivity index (χ0) is 10.9. The van der Waals surface area contributed by atoms with Crippen LogP contribution in [0.1, 0.15) is 20.3 Å². The summed E-state index contributed by atoms with van der Waals surface area (Å²) in [6.07, 6.45) is -0.573. The monoisotopic (exact) mass is 201 g/mol. The van der Waals surface area contributed by atoms with E-state index in [1.54, 1.807) is 13.8 Å². The van der Waals surface area contributed by atoms with E-state index in [1.165, 1.54) is 4.90 Å². The zero-order valence-electron chi connectivity index (χ0n) is 8.36. The lowest BCUT2D eigenvalue weighted by Gasteiger charge is -2.40. The summed E-state index contributed by atoms with van der Waals surface area (Å²) < 4.78 is 0. The summed E-state index contributed by atoms with van der Waals surface area (Å²) in [5, 5.41) is 17.7. The molecule has 1 aliphatic heterocycles. The van der Waals surface area contributed by atoms with Gasteiger partial charge in [0.2, 0.25) is 0 Å². The highest BCUT2D eigenvalue weighted by Gasteiger charge is 2.41. The van der Waals surface area contributed by atoms with Crippen LogP contribution in [-0.2, 0) is 4.79 Å². The quantitative estimate of drug-likeness (QED) is 0.665. The lowest BCUT2D eigenvalue weighted by Crippen LogP contribution is -2.50. The van der Waals surface area contributed by atoms with Gasteiger partial charge in [0.05, 0.1) is 5.92 Å². The summed E-state index contributed by atoms with van der Waals surface area (Å²) >= 11 is 0. The molecule has 0 spiro atoms. The number of rotatable bonds is 1. The largest absolute Gasteiger partial charge is 0.481 e. The second kappa shape index (κ2) is 3.48. The highest BCUT2D eigenvalue weighted by molar-refractivity contribution is 5.72. The number of hydrogen-bond donors (Lipinski definition) is 2. The van der Waals surface area contributed by atoms with Crippen molar-refractivity contribution in [2.24, 2.45) is 11.3 Å². The van der Waals surface area contributed by atoms with Crippen LogP contribution in [0.25, 0.3) is 0 Å². The highest BCUT2D eigenvalue weighted by Crippen LogP contribution is 2.34. The third-order valence-electron chi connectivity index (χ3n) is 2.80. The molecule has 0 aromatic carbocycles. The fraction of sp³-hybridized carbons (Fsp3) is 0.778. The molecule has 14 heavy (non-hydrogen) atoms. The number of aliphatic carboxylic acids is 1. The minimum Gasteiger partial charge on any atom is -0.481 e. The van der Waals surface area contributed by atoms with E-state index in [1.807, 2.05) is 0 Å². The maximum atomic E-state index is 10.9. The van der Waals surface area contributed by atoms with E-state index in [4.69, 9.17) is 10.2 Å². The summed E-state index contributed by atoms with van der Waals surface area (Å²) in [4.78, 5) is 22.9. The Morgan fingerprint density at radius 1 is 1.36 bits per heavy atom. The molecule has 1 unspecified atom stereocenters. The molecule has 0 saturated carbocycles. The Labute approximate surface area is 82.3 Å². The molecule has 0 radical (unpaired) electrons. The van der Waals surface area contributed by atoms with E-state index in [9.17, 15) is 9.59 Å². The van der Waals surface area contributed by atoms with Crippen LogP contribution >= 0.6 is 0 Å². The summed E-state index contributed by atoms with van der Waals surface area (Å²) in [7, 11) is 0. The first-order valence-corrected chi connectivity index (χ1v) is 4.55. The molecule has 1 amide bonds. The summed E-state index contributed by atoms with van der Waals surface area (Å²) in [5.41, 5.74) is -0.484. The van der Waals surface area contributed by atoms with Crippen LogP contribution in [0.2, 0.25) is 0 Å². The number of hydrogen-bond acceptors (Lipinski definition) is 2. The predicted octanol–water partition coefficient (Wildman–Crippen LogP) is 1.10. The number of nitrogens with zero attached hydrogens (tertiary/aromatic N) is 1. The first kappa shape index (κ1) is 10.8. The Bertz CT molecular complexity index is 262. The normalized spacial score (nSPS) is 25.9. The molecular formula is C9H15NO4. The standard InChI is InChI=1S/C9H15NO4/c1-9(2)5-10(8(13)14)4-3-6(9)7(11)12/h6H,3-5H2,1-2H3,(H,11,12)(H,13,14). The maximum Gasteiger partial charge on any atom is 0.407 e. The van der Waals surface area contributed by atoms with E-state index in [0.29, 0.717) is 19.5 Å².